The number of rotatable bonds is 6. The van der Waals surface area contributed by atoms with Crippen molar-refractivity contribution >= 4 is 11.6 Å². The van der Waals surface area contributed by atoms with Crippen LogP contribution in [0.1, 0.15) is 37.0 Å². The molecule has 1 aromatic carbocycles. The van der Waals surface area contributed by atoms with E-state index in [9.17, 15) is 4.79 Å². The predicted octanol–water partition coefficient (Wildman–Crippen LogP) is 2.18. The molecular weight excluding hydrogens is 216 g/mol. The highest BCUT2D eigenvalue weighted by Gasteiger charge is 2.06. The minimum Gasteiger partial charge on any atom is -0.491 e. The number of nitrogens with two attached hydrogens (primary N) is 2. The SMILES string of the molecule is CC(C)CCCOc1cc(C(N)=O)ccc1N. The molecule has 0 aliphatic carbocycles. The Kier molecular flexibility index (Phi) is 4.82. The van der Waals surface area contributed by atoms with Crippen LogP contribution in [0.5, 0.6) is 5.75 Å². The van der Waals surface area contributed by atoms with Crippen molar-refractivity contribution in [2.24, 2.45) is 11.7 Å². The van der Waals surface area contributed by atoms with Crippen molar-refractivity contribution in [3.8, 4) is 5.75 Å². The fraction of sp³-hybridized carbons (Fsp3) is 0.462. The van der Waals surface area contributed by atoms with Crippen LogP contribution in [-0.2, 0) is 0 Å². The molecule has 0 spiro atoms. The summed E-state index contributed by atoms with van der Waals surface area (Å²) in [6.07, 6.45) is 2.08. The van der Waals surface area contributed by atoms with Crippen molar-refractivity contribution in [3.63, 3.8) is 0 Å². The number of hydrogen-bond acceptors (Lipinski definition) is 3. The molecule has 4 N–H and O–H groups in total. The first-order valence-corrected chi connectivity index (χ1v) is 5.83. The predicted molar refractivity (Wildman–Crippen MR) is 68.9 cm³/mol. The third kappa shape index (κ3) is 4.34. The molecule has 1 rings (SSSR count). The van der Waals surface area contributed by atoms with Crippen molar-refractivity contribution in [2.45, 2.75) is 26.7 Å². The van der Waals surface area contributed by atoms with Gasteiger partial charge in [-0.1, -0.05) is 13.8 Å². The molecule has 4 nitrogen and oxygen atoms in total. The van der Waals surface area contributed by atoms with Crippen LogP contribution in [0, 0.1) is 5.92 Å². The average Bonchev–Trinajstić information content (AvgIpc) is 2.25. The average molecular weight is 236 g/mol. The molecule has 0 aliphatic heterocycles. The van der Waals surface area contributed by atoms with Crippen molar-refractivity contribution in [2.75, 3.05) is 12.3 Å². The smallest absolute Gasteiger partial charge is 0.248 e. The summed E-state index contributed by atoms with van der Waals surface area (Å²) in [5.74, 6) is 0.718. The summed E-state index contributed by atoms with van der Waals surface area (Å²) in [7, 11) is 0. The van der Waals surface area contributed by atoms with Crippen molar-refractivity contribution in [1.82, 2.24) is 0 Å². The quantitative estimate of drug-likeness (QED) is 0.587. The van der Waals surface area contributed by atoms with Gasteiger partial charge in [-0.05, 0) is 37.0 Å². The fourth-order valence-corrected chi connectivity index (χ4v) is 1.49. The summed E-state index contributed by atoms with van der Waals surface area (Å²) in [6, 6.07) is 4.82. The van der Waals surface area contributed by atoms with Crippen LogP contribution in [0.25, 0.3) is 0 Å². The molecule has 0 fully saturated rings. The third-order valence-corrected chi connectivity index (χ3v) is 2.48. The van der Waals surface area contributed by atoms with Gasteiger partial charge in [0.2, 0.25) is 5.91 Å². The van der Waals surface area contributed by atoms with E-state index in [1.54, 1.807) is 18.2 Å². The number of hydrogen-bond donors (Lipinski definition) is 2. The van der Waals surface area contributed by atoms with E-state index < -0.39 is 5.91 Å². The summed E-state index contributed by atoms with van der Waals surface area (Å²) in [5, 5.41) is 0. The number of ether oxygens (including phenoxy) is 1. The second kappa shape index (κ2) is 6.13. The Labute approximate surface area is 102 Å². The van der Waals surface area contributed by atoms with Gasteiger partial charge in [-0.3, -0.25) is 4.79 Å². The lowest BCUT2D eigenvalue weighted by Gasteiger charge is -2.10. The molecule has 0 heterocycles. The number of benzene rings is 1. The second-order valence-corrected chi connectivity index (χ2v) is 4.50. The summed E-state index contributed by atoms with van der Waals surface area (Å²) < 4.78 is 5.55. The Bertz CT molecular complexity index is 389. The molecule has 0 saturated heterocycles. The molecule has 1 amide bonds. The molecule has 0 saturated carbocycles. The van der Waals surface area contributed by atoms with Gasteiger partial charge in [0.25, 0.3) is 0 Å². The van der Waals surface area contributed by atoms with Gasteiger partial charge >= 0.3 is 0 Å². The van der Waals surface area contributed by atoms with Crippen LogP contribution in [0.4, 0.5) is 5.69 Å². The lowest BCUT2D eigenvalue weighted by atomic mass is 10.1. The van der Waals surface area contributed by atoms with Gasteiger partial charge in [0, 0.05) is 5.56 Å². The summed E-state index contributed by atoms with van der Waals surface area (Å²) in [6.45, 7) is 4.94. The van der Waals surface area contributed by atoms with Gasteiger partial charge in [0.1, 0.15) is 5.75 Å². The van der Waals surface area contributed by atoms with Crippen molar-refractivity contribution in [1.29, 1.82) is 0 Å². The van der Waals surface area contributed by atoms with Crippen LogP contribution in [-0.4, -0.2) is 12.5 Å². The van der Waals surface area contributed by atoms with Gasteiger partial charge in [-0.2, -0.15) is 0 Å². The van der Waals surface area contributed by atoms with Crippen molar-refractivity contribution in [3.05, 3.63) is 23.8 Å². The van der Waals surface area contributed by atoms with Crippen LogP contribution < -0.4 is 16.2 Å². The second-order valence-electron chi connectivity index (χ2n) is 4.50. The third-order valence-electron chi connectivity index (χ3n) is 2.48. The molecule has 0 aliphatic rings. The Morgan fingerprint density at radius 3 is 2.71 bits per heavy atom. The van der Waals surface area contributed by atoms with Crippen molar-refractivity contribution < 1.29 is 9.53 Å². The Morgan fingerprint density at radius 1 is 1.41 bits per heavy atom. The Balaban J connectivity index is 2.57. The molecule has 0 aromatic heterocycles. The summed E-state index contributed by atoms with van der Waals surface area (Å²) in [5.41, 5.74) is 11.9. The maximum Gasteiger partial charge on any atom is 0.248 e. The van der Waals surface area contributed by atoms with E-state index in [0.717, 1.165) is 12.8 Å². The number of carbonyl (C=O) groups excluding carboxylic acids is 1. The molecular formula is C13H20N2O2. The Hall–Kier alpha value is -1.71. The van der Waals surface area contributed by atoms with E-state index >= 15 is 0 Å². The van der Waals surface area contributed by atoms with Gasteiger partial charge in [-0.25, -0.2) is 0 Å². The zero-order valence-electron chi connectivity index (χ0n) is 10.4. The molecule has 17 heavy (non-hydrogen) atoms. The van der Waals surface area contributed by atoms with E-state index in [1.807, 2.05) is 0 Å². The summed E-state index contributed by atoms with van der Waals surface area (Å²) >= 11 is 0. The van der Waals surface area contributed by atoms with E-state index in [0.29, 0.717) is 29.5 Å². The fourth-order valence-electron chi connectivity index (χ4n) is 1.49. The minimum absolute atomic E-state index is 0.415. The standard InChI is InChI=1S/C13H20N2O2/c1-9(2)4-3-7-17-12-8-10(13(15)16)5-6-11(12)14/h5-6,8-9H,3-4,7,14H2,1-2H3,(H2,15,16). The lowest BCUT2D eigenvalue weighted by molar-refractivity contribution is 0.1000. The van der Waals surface area contributed by atoms with Gasteiger partial charge in [-0.15, -0.1) is 0 Å². The topological polar surface area (TPSA) is 78.3 Å². The zero-order valence-corrected chi connectivity index (χ0v) is 10.4. The monoisotopic (exact) mass is 236 g/mol. The zero-order chi connectivity index (χ0) is 12.8. The van der Waals surface area contributed by atoms with Crippen LogP contribution in [0.3, 0.4) is 0 Å². The van der Waals surface area contributed by atoms with E-state index in [2.05, 4.69) is 13.8 Å². The first-order chi connectivity index (χ1) is 8.00. The molecule has 0 unspecified atom stereocenters. The number of amides is 1. The maximum absolute atomic E-state index is 11.0. The highest BCUT2D eigenvalue weighted by Crippen LogP contribution is 2.23. The molecule has 0 radical (unpaired) electrons. The molecule has 0 atom stereocenters. The van der Waals surface area contributed by atoms with Gasteiger partial charge in [0.15, 0.2) is 0 Å². The number of carbonyl (C=O) groups is 1. The Morgan fingerprint density at radius 2 is 2.12 bits per heavy atom. The number of nitrogen functional groups attached to an aromatic ring is 1. The first kappa shape index (κ1) is 13.4. The number of anilines is 1. The van der Waals surface area contributed by atoms with Crippen LogP contribution in [0.2, 0.25) is 0 Å². The highest BCUT2D eigenvalue weighted by molar-refractivity contribution is 5.93. The largest absolute Gasteiger partial charge is 0.491 e. The summed E-state index contributed by atoms with van der Waals surface area (Å²) in [4.78, 5) is 11.0. The van der Waals surface area contributed by atoms with E-state index in [-0.39, 0.29) is 0 Å². The van der Waals surface area contributed by atoms with E-state index in [4.69, 9.17) is 16.2 Å². The lowest BCUT2D eigenvalue weighted by Crippen LogP contribution is -2.11. The molecule has 0 bridgehead atoms. The van der Waals surface area contributed by atoms with Gasteiger partial charge < -0.3 is 16.2 Å². The molecule has 94 valence electrons. The first-order valence-electron chi connectivity index (χ1n) is 5.83. The molecule has 4 heteroatoms. The minimum atomic E-state index is -0.475. The van der Waals surface area contributed by atoms with E-state index in [1.165, 1.54) is 0 Å². The van der Waals surface area contributed by atoms with Gasteiger partial charge in [0.05, 0.1) is 12.3 Å². The maximum atomic E-state index is 11.0. The van der Waals surface area contributed by atoms with Crippen LogP contribution >= 0.6 is 0 Å². The number of primary amides is 1. The van der Waals surface area contributed by atoms with Crippen LogP contribution in [0.15, 0.2) is 18.2 Å². The molecule has 1 aromatic rings. The highest BCUT2D eigenvalue weighted by atomic mass is 16.5. The normalized spacial score (nSPS) is 10.5.